The topological polar surface area (TPSA) is 41.6 Å². The van der Waals surface area contributed by atoms with E-state index in [2.05, 4.69) is 12.2 Å². The smallest absolute Gasteiger partial charge is 0.317 e. The number of ether oxygens (including phenoxy) is 1. The number of carbonyl (C=O) groups is 1. The van der Waals surface area contributed by atoms with E-state index < -0.39 is 0 Å². The van der Waals surface area contributed by atoms with Gasteiger partial charge < -0.3 is 15.0 Å². The first-order valence-electron chi connectivity index (χ1n) is 8.50. The molecule has 2 fully saturated rings. The summed E-state index contributed by atoms with van der Waals surface area (Å²) in [6, 6.07) is 7.78. The first kappa shape index (κ1) is 16.6. The third-order valence-corrected chi connectivity index (χ3v) is 5.47. The van der Waals surface area contributed by atoms with Crippen LogP contribution in [0.1, 0.15) is 44.2 Å². The monoisotopic (exact) mass is 336 g/mol. The molecule has 0 bridgehead atoms. The summed E-state index contributed by atoms with van der Waals surface area (Å²) in [5.41, 5.74) is 1.35. The van der Waals surface area contributed by atoms with Gasteiger partial charge in [-0.05, 0) is 48.8 Å². The Hall–Kier alpha value is -1.26. The summed E-state index contributed by atoms with van der Waals surface area (Å²) in [6.45, 7) is 5.44. The Balaban J connectivity index is 1.62. The molecule has 1 N–H and O–H groups in total. The molecule has 5 heteroatoms. The van der Waals surface area contributed by atoms with Crippen LogP contribution in [-0.2, 0) is 4.74 Å². The molecule has 1 aromatic carbocycles. The lowest BCUT2D eigenvalue weighted by atomic mass is 9.80. The van der Waals surface area contributed by atoms with Gasteiger partial charge in [0, 0.05) is 31.3 Å². The lowest BCUT2D eigenvalue weighted by Crippen LogP contribution is -2.42. The van der Waals surface area contributed by atoms with E-state index in [9.17, 15) is 4.79 Å². The summed E-state index contributed by atoms with van der Waals surface area (Å²) >= 11 is 6.07. The largest absolute Gasteiger partial charge is 0.381 e. The molecule has 23 heavy (non-hydrogen) atoms. The van der Waals surface area contributed by atoms with Crippen LogP contribution in [0.3, 0.4) is 0 Å². The van der Waals surface area contributed by atoms with Gasteiger partial charge >= 0.3 is 6.03 Å². The average molecular weight is 337 g/mol. The zero-order valence-electron chi connectivity index (χ0n) is 13.7. The summed E-state index contributed by atoms with van der Waals surface area (Å²) in [7, 11) is 0. The number of hydrogen-bond donors (Lipinski definition) is 1. The van der Waals surface area contributed by atoms with Gasteiger partial charge in [-0.2, -0.15) is 0 Å². The molecule has 2 aliphatic rings. The van der Waals surface area contributed by atoms with Crippen LogP contribution in [0.15, 0.2) is 24.3 Å². The van der Waals surface area contributed by atoms with Gasteiger partial charge in [-0.3, -0.25) is 0 Å². The van der Waals surface area contributed by atoms with Gasteiger partial charge in [0.25, 0.3) is 0 Å². The van der Waals surface area contributed by atoms with Crippen molar-refractivity contribution >= 4 is 17.6 Å². The molecule has 126 valence electrons. The predicted molar refractivity (Wildman–Crippen MR) is 91.7 cm³/mol. The van der Waals surface area contributed by atoms with E-state index in [-0.39, 0.29) is 17.5 Å². The highest BCUT2D eigenvalue weighted by Crippen LogP contribution is 2.39. The molecule has 0 aromatic heterocycles. The third-order valence-electron chi connectivity index (χ3n) is 5.24. The second kappa shape index (κ2) is 7.10. The number of carbonyl (C=O) groups excluding carboxylic acids is 1. The second-order valence-corrected chi connectivity index (χ2v) is 7.19. The fraction of sp³-hybridized carbons (Fsp3) is 0.611. The molecule has 4 nitrogen and oxygen atoms in total. The highest BCUT2D eigenvalue weighted by Gasteiger charge is 2.41. The van der Waals surface area contributed by atoms with Crippen LogP contribution in [0.5, 0.6) is 0 Å². The van der Waals surface area contributed by atoms with Gasteiger partial charge in [-0.1, -0.05) is 30.7 Å². The van der Waals surface area contributed by atoms with Crippen LogP contribution in [0.4, 0.5) is 4.79 Å². The van der Waals surface area contributed by atoms with E-state index >= 15 is 0 Å². The maximum atomic E-state index is 12.6. The number of halogens is 1. The van der Waals surface area contributed by atoms with Crippen molar-refractivity contribution in [3.63, 3.8) is 0 Å². The molecule has 2 aliphatic heterocycles. The van der Waals surface area contributed by atoms with E-state index in [1.807, 2.05) is 29.2 Å². The molecule has 3 rings (SSSR count). The summed E-state index contributed by atoms with van der Waals surface area (Å²) in [5, 5.41) is 3.88. The maximum Gasteiger partial charge on any atom is 0.317 e. The van der Waals surface area contributed by atoms with Crippen LogP contribution >= 0.6 is 11.6 Å². The SMILES string of the molecule is CCC(NC(=O)N1CCC2(CCOCC2)C1)c1cccc(Cl)c1. The zero-order chi connectivity index (χ0) is 16.3. The maximum absolute atomic E-state index is 12.6. The molecule has 2 saturated heterocycles. The number of rotatable bonds is 3. The van der Waals surface area contributed by atoms with Gasteiger partial charge in [0.15, 0.2) is 0 Å². The summed E-state index contributed by atoms with van der Waals surface area (Å²) in [4.78, 5) is 14.6. The molecule has 2 amide bonds. The van der Waals surface area contributed by atoms with E-state index in [0.717, 1.165) is 57.6 Å². The molecule has 0 saturated carbocycles. The Morgan fingerprint density at radius 3 is 2.87 bits per heavy atom. The first-order chi connectivity index (χ1) is 11.1. The van der Waals surface area contributed by atoms with Crippen LogP contribution in [-0.4, -0.2) is 37.2 Å². The quantitative estimate of drug-likeness (QED) is 0.906. The van der Waals surface area contributed by atoms with E-state index in [0.29, 0.717) is 5.02 Å². The Labute approximate surface area is 143 Å². The Morgan fingerprint density at radius 2 is 2.17 bits per heavy atom. The summed E-state index contributed by atoms with van der Waals surface area (Å²) < 4.78 is 5.47. The minimum atomic E-state index is 0.00689. The number of hydrogen-bond acceptors (Lipinski definition) is 2. The van der Waals surface area contributed by atoms with Crippen molar-refractivity contribution in [1.29, 1.82) is 0 Å². The number of nitrogens with one attached hydrogen (secondary N) is 1. The molecular formula is C18H25ClN2O2. The minimum Gasteiger partial charge on any atom is -0.381 e. The van der Waals surface area contributed by atoms with Gasteiger partial charge in [0.2, 0.25) is 0 Å². The second-order valence-electron chi connectivity index (χ2n) is 6.75. The zero-order valence-corrected chi connectivity index (χ0v) is 14.4. The molecule has 1 unspecified atom stereocenters. The first-order valence-corrected chi connectivity index (χ1v) is 8.88. The molecule has 2 heterocycles. The van der Waals surface area contributed by atoms with Gasteiger partial charge in [0.1, 0.15) is 0 Å². The standard InChI is InChI=1S/C18H25ClN2O2/c1-2-16(14-4-3-5-15(19)12-14)20-17(22)21-9-6-18(13-21)7-10-23-11-8-18/h3-5,12,16H,2,6-11,13H2,1H3,(H,20,22). The third kappa shape index (κ3) is 3.81. The summed E-state index contributed by atoms with van der Waals surface area (Å²) in [6.07, 6.45) is 4.08. The van der Waals surface area contributed by atoms with E-state index in [4.69, 9.17) is 16.3 Å². The van der Waals surface area contributed by atoms with Crippen molar-refractivity contribution in [3.05, 3.63) is 34.9 Å². The number of nitrogens with zero attached hydrogens (tertiary/aromatic N) is 1. The molecule has 0 radical (unpaired) electrons. The van der Waals surface area contributed by atoms with E-state index in [1.54, 1.807) is 0 Å². The van der Waals surface area contributed by atoms with Crippen LogP contribution in [0.25, 0.3) is 0 Å². The number of benzene rings is 1. The van der Waals surface area contributed by atoms with Gasteiger partial charge in [0.05, 0.1) is 6.04 Å². The molecule has 1 aromatic rings. The molecule has 0 aliphatic carbocycles. The fourth-order valence-electron chi connectivity index (χ4n) is 3.71. The Morgan fingerprint density at radius 1 is 1.39 bits per heavy atom. The Kier molecular flexibility index (Phi) is 5.12. The van der Waals surface area contributed by atoms with Crippen molar-refractivity contribution in [2.75, 3.05) is 26.3 Å². The lowest BCUT2D eigenvalue weighted by Gasteiger charge is -2.33. The highest BCUT2D eigenvalue weighted by atomic mass is 35.5. The van der Waals surface area contributed by atoms with Crippen molar-refractivity contribution in [2.24, 2.45) is 5.41 Å². The minimum absolute atomic E-state index is 0.00689. The van der Waals surface area contributed by atoms with Crippen LogP contribution in [0.2, 0.25) is 5.02 Å². The van der Waals surface area contributed by atoms with Crippen molar-refractivity contribution in [2.45, 2.75) is 38.6 Å². The average Bonchev–Trinajstić information content (AvgIpc) is 2.96. The highest BCUT2D eigenvalue weighted by molar-refractivity contribution is 6.30. The molecule has 1 spiro atoms. The van der Waals surface area contributed by atoms with Crippen molar-refractivity contribution < 1.29 is 9.53 Å². The van der Waals surface area contributed by atoms with Gasteiger partial charge in [-0.25, -0.2) is 4.79 Å². The summed E-state index contributed by atoms with van der Waals surface area (Å²) in [5.74, 6) is 0. The van der Waals surface area contributed by atoms with E-state index in [1.165, 1.54) is 0 Å². The van der Waals surface area contributed by atoms with Crippen LogP contribution in [0, 0.1) is 5.41 Å². The van der Waals surface area contributed by atoms with Crippen LogP contribution < -0.4 is 5.32 Å². The number of amides is 2. The van der Waals surface area contributed by atoms with Crippen molar-refractivity contribution in [1.82, 2.24) is 10.2 Å². The normalized spacial score (nSPS) is 21.4. The number of urea groups is 1. The lowest BCUT2D eigenvalue weighted by molar-refractivity contribution is 0.0208. The van der Waals surface area contributed by atoms with Gasteiger partial charge in [-0.15, -0.1) is 0 Å². The Bertz CT molecular complexity index is 558. The molecular weight excluding hydrogens is 312 g/mol. The fourth-order valence-corrected chi connectivity index (χ4v) is 3.90. The molecule has 1 atom stereocenters. The number of likely N-dealkylation sites (tertiary alicyclic amines) is 1. The van der Waals surface area contributed by atoms with Crippen molar-refractivity contribution in [3.8, 4) is 0 Å². The predicted octanol–water partition coefficient (Wildman–Crippen LogP) is 4.00.